The van der Waals surface area contributed by atoms with Crippen LogP contribution in [0, 0.1) is 19.7 Å². The maximum Gasteiger partial charge on any atom is 0.123 e. The van der Waals surface area contributed by atoms with Crippen molar-refractivity contribution in [3.05, 3.63) is 65.7 Å². The van der Waals surface area contributed by atoms with Gasteiger partial charge in [-0.15, -0.1) is 0 Å². The van der Waals surface area contributed by atoms with Crippen LogP contribution in [0.2, 0.25) is 0 Å². The maximum atomic E-state index is 11.9. The molecule has 0 unspecified atom stereocenters. The lowest BCUT2D eigenvalue weighted by molar-refractivity contribution is 0.628. The van der Waals surface area contributed by atoms with Crippen LogP contribution in [0.5, 0.6) is 0 Å². The van der Waals surface area contributed by atoms with Gasteiger partial charge in [-0.25, -0.2) is 4.39 Å². The van der Waals surface area contributed by atoms with E-state index in [1.165, 1.54) is 17.7 Å². The van der Waals surface area contributed by atoms with Gasteiger partial charge in [-0.1, -0.05) is 18.2 Å². The second-order valence-corrected chi connectivity index (χ2v) is 3.27. The van der Waals surface area contributed by atoms with Gasteiger partial charge in [-0.3, -0.25) is 4.98 Å². The Hall–Kier alpha value is -1.70. The molecular weight excluding hydrogens is 189 g/mol. The van der Waals surface area contributed by atoms with Crippen molar-refractivity contribution in [2.24, 2.45) is 0 Å². The highest BCUT2D eigenvalue weighted by Crippen LogP contribution is 1.96. The Labute approximate surface area is 89.6 Å². The summed E-state index contributed by atoms with van der Waals surface area (Å²) in [6, 6.07) is 12.0. The zero-order valence-electron chi connectivity index (χ0n) is 8.94. The number of rotatable bonds is 0. The van der Waals surface area contributed by atoms with Gasteiger partial charge in [0, 0.05) is 11.9 Å². The molecule has 0 aliphatic rings. The lowest BCUT2D eigenvalue weighted by Gasteiger charge is -1.90. The Morgan fingerprint density at radius 2 is 1.67 bits per heavy atom. The van der Waals surface area contributed by atoms with E-state index in [1.54, 1.807) is 18.2 Å². The highest BCUT2D eigenvalue weighted by atomic mass is 19.1. The van der Waals surface area contributed by atoms with E-state index < -0.39 is 0 Å². The second kappa shape index (κ2) is 5.91. The van der Waals surface area contributed by atoms with Crippen molar-refractivity contribution in [1.82, 2.24) is 4.98 Å². The third kappa shape index (κ3) is 4.91. The second-order valence-electron chi connectivity index (χ2n) is 3.27. The summed E-state index contributed by atoms with van der Waals surface area (Å²) in [7, 11) is 0. The van der Waals surface area contributed by atoms with Gasteiger partial charge in [0.15, 0.2) is 0 Å². The van der Waals surface area contributed by atoms with Crippen LogP contribution in [0.25, 0.3) is 0 Å². The average molecular weight is 203 g/mol. The number of benzene rings is 1. The first-order valence-corrected chi connectivity index (χ1v) is 4.78. The smallest absolute Gasteiger partial charge is 0.123 e. The quantitative estimate of drug-likeness (QED) is 0.638. The Morgan fingerprint density at radius 3 is 2.00 bits per heavy atom. The molecule has 1 nitrogen and oxygen atoms in total. The highest BCUT2D eigenvalue weighted by Gasteiger charge is 1.82. The summed E-state index contributed by atoms with van der Waals surface area (Å²) in [5.74, 6) is -0.178. The van der Waals surface area contributed by atoms with Crippen LogP contribution in [0.1, 0.15) is 11.3 Å². The van der Waals surface area contributed by atoms with E-state index in [0.29, 0.717) is 0 Å². The fourth-order valence-electron chi connectivity index (χ4n) is 1.10. The minimum Gasteiger partial charge on any atom is -0.262 e. The van der Waals surface area contributed by atoms with Crippen LogP contribution in [0.15, 0.2) is 48.7 Å². The van der Waals surface area contributed by atoms with Crippen molar-refractivity contribution >= 4 is 0 Å². The van der Waals surface area contributed by atoms with Gasteiger partial charge in [0.25, 0.3) is 0 Å². The van der Waals surface area contributed by atoms with Gasteiger partial charge >= 0.3 is 0 Å². The molecular formula is C13H14FN. The van der Waals surface area contributed by atoms with Gasteiger partial charge < -0.3 is 0 Å². The van der Waals surface area contributed by atoms with Crippen molar-refractivity contribution < 1.29 is 4.39 Å². The lowest BCUT2D eigenvalue weighted by atomic mass is 10.3. The monoisotopic (exact) mass is 203 g/mol. The third-order valence-electron chi connectivity index (χ3n) is 1.79. The highest BCUT2D eigenvalue weighted by molar-refractivity contribution is 5.12. The number of nitrogens with zero attached hydrogens (tertiary/aromatic N) is 1. The van der Waals surface area contributed by atoms with Gasteiger partial charge in [0.1, 0.15) is 5.82 Å². The molecule has 0 spiro atoms. The fourth-order valence-corrected chi connectivity index (χ4v) is 1.10. The Bertz CT molecular complexity index is 381. The number of halogens is 1. The summed E-state index contributed by atoms with van der Waals surface area (Å²) in [6.45, 7) is 4.06. The summed E-state index contributed by atoms with van der Waals surface area (Å²) in [4.78, 5) is 4.04. The van der Waals surface area contributed by atoms with Crippen LogP contribution in [0.3, 0.4) is 0 Å². The van der Waals surface area contributed by atoms with Crippen LogP contribution in [0.4, 0.5) is 4.39 Å². The number of hydrogen-bond donors (Lipinski definition) is 0. The minimum absolute atomic E-state index is 0.178. The van der Waals surface area contributed by atoms with E-state index in [0.717, 1.165) is 5.69 Å². The summed E-state index contributed by atoms with van der Waals surface area (Å²) in [6.07, 6.45) is 1.82. The first-order valence-electron chi connectivity index (χ1n) is 4.78. The Kier molecular flexibility index (Phi) is 4.48. The molecule has 0 saturated heterocycles. The van der Waals surface area contributed by atoms with E-state index >= 15 is 0 Å². The molecule has 1 heterocycles. The zero-order chi connectivity index (χ0) is 11.1. The average Bonchev–Trinajstić information content (AvgIpc) is 2.19. The fraction of sp³-hybridized carbons (Fsp3) is 0.154. The topological polar surface area (TPSA) is 12.9 Å². The largest absolute Gasteiger partial charge is 0.262 e. The van der Waals surface area contributed by atoms with Crippen molar-refractivity contribution in [2.75, 3.05) is 0 Å². The van der Waals surface area contributed by atoms with Gasteiger partial charge in [-0.2, -0.15) is 0 Å². The van der Waals surface area contributed by atoms with Crippen LogP contribution >= 0.6 is 0 Å². The first kappa shape index (κ1) is 11.4. The molecule has 2 heteroatoms. The van der Waals surface area contributed by atoms with E-state index in [1.807, 2.05) is 19.2 Å². The predicted octanol–water partition coefficient (Wildman–Crippen LogP) is 3.52. The van der Waals surface area contributed by atoms with Crippen molar-refractivity contribution in [3.8, 4) is 0 Å². The maximum absolute atomic E-state index is 11.9. The number of pyridine rings is 1. The third-order valence-corrected chi connectivity index (χ3v) is 1.79. The zero-order valence-corrected chi connectivity index (χ0v) is 8.94. The van der Waals surface area contributed by atoms with Crippen LogP contribution < -0.4 is 0 Å². The molecule has 1 aromatic heterocycles. The molecule has 0 aliphatic carbocycles. The van der Waals surface area contributed by atoms with Crippen molar-refractivity contribution in [1.29, 1.82) is 0 Å². The SMILES string of the molecule is Cc1ccnc(C)c1.Fc1ccccc1. The molecule has 0 N–H and O–H groups in total. The van der Waals surface area contributed by atoms with E-state index in [9.17, 15) is 4.39 Å². The Morgan fingerprint density at radius 1 is 1.00 bits per heavy atom. The molecule has 78 valence electrons. The number of hydrogen-bond acceptors (Lipinski definition) is 1. The molecule has 2 aromatic rings. The van der Waals surface area contributed by atoms with Crippen LogP contribution in [-0.2, 0) is 0 Å². The summed E-state index contributed by atoms with van der Waals surface area (Å²) >= 11 is 0. The van der Waals surface area contributed by atoms with E-state index in [2.05, 4.69) is 18.0 Å². The van der Waals surface area contributed by atoms with Crippen molar-refractivity contribution in [2.45, 2.75) is 13.8 Å². The van der Waals surface area contributed by atoms with Crippen LogP contribution in [-0.4, -0.2) is 4.98 Å². The standard InChI is InChI=1S/C7H9N.C6H5F/c1-6-3-4-8-7(2)5-6;7-6-4-2-1-3-5-6/h3-5H,1-2H3;1-5H. The molecule has 2 rings (SSSR count). The molecule has 0 bridgehead atoms. The molecule has 0 fully saturated rings. The molecule has 15 heavy (non-hydrogen) atoms. The van der Waals surface area contributed by atoms with E-state index in [4.69, 9.17) is 0 Å². The number of aryl methyl sites for hydroxylation is 2. The van der Waals surface area contributed by atoms with Gasteiger partial charge in [-0.05, 0) is 43.7 Å². The summed E-state index contributed by atoms with van der Waals surface area (Å²) in [5.41, 5.74) is 2.36. The van der Waals surface area contributed by atoms with E-state index in [-0.39, 0.29) is 5.82 Å². The minimum atomic E-state index is -0.178. The summed E-state index contributed by atoms with van der Waals surface area (Å²) in [5, 5.41) is 0. The van der Waals surface area contributed by atoms with Gasteiger partial charge in [0.05, 0.1) is 0 Å². The normalized spacial score (nSPS) is 9.00. The lowest BCUT2D eigenvalue weighted by Crippen LogP contribution is -1.78. The molecule has 1 aromatic carbocycles. The van der Waals surface area contributed by atoms with Gasteiger partial charge in [0.2, 0.25) is 0 Å². The molecule has 0 aliphatic heterocycles. The first-order chi connectivity index (χ1) is 7.18. The summed E-state index contributed by atoms with van der Waals surface area (Å²) < 4.78 is 11.9. The van der Waals surface area contributed by atoms with Crippen molar-refractivity contribution in [3.63, 3.8) is 0 Å². The Balaban J connectivity index is 0.000000151. The predicted molar refractivity (Wildman–Crippen MR) is 60.1 cm³/mol. The number of aromatic nitrogens is 1. The molecule has 0 atom stereocenters. The molecule has 0 amide bonds. The molecule has 0 saturated carbocycles. The molecule has 0 radical (unpaired) electrons.